The Labute approximate surface area is 163 Å². The molecule has 0 atom stereocenters. The molecule has 150 valence electrons. The fourth-order valence-corrected chi connectivity index (χ4v) is 4.91. The van der Waals surface area contributed by atoms with Gasteiger partial charge in [-0.05, 0) is 55.3 Å². The lowest BCUT2D eigenvalue weighted by Crippen LogP contribution is -2.30. The second kappa shape index (κ2) is 8.27. The Balaban J connectivity index is 1.81. The normalized spacial score (nSPS) is 15.4. The maximum atomic E-state index is 13.0. The smallest absolute Gasteiger partial charge is 0.262 e. The van der Waals surface area contributed by atoms with Crippen LogP contribution in [-0.4, -0.2) is 29.2 Å². The number of nitrogens with zero attached hydrogens (tertiary/aromatic N) is 1. The second-order valence-corrected chi connectivity index (χ2v) is 9.70. The minimum absolute atomic E-state index is 0.0787. The molecule has 1 aliphatic rings. The molecule has 2 N–H and O–H groups in total. The van der Waals surface area contributed by atoms with E-state index >= 15 is 0 Å². The van der Waals surface area contributed by atoms with Crippen molar-refractivity contribution in [2.75, 3.05) is 11.3 Å². The van der Waals surface area contributed by atoms with E-state index in [4.69, 9.17) is 0 Å². The van der Waals surface area contributed by atoms with Gasteiger partial charge in [0, 0.05) is 13.0 Å². The van der Waals surface area contributed by atoms with Gasteiger partial charge >= 0.3 is 0 Å². The van der Waals surface area contributed by atoms with Gasteiger partial charge in [-0.1, -0.05) is 12.5 Å². The number of benzene rings is 2. The number of halogens is 1. The van der Waals surface area contributed by atoms with Crippen LogP contribution in [-0.2, 0) is 20.0 Å². The lowest BCUT2D eigenvalue weighted by atomic mass is 10.2. The third-order valence-electron chi connectivity index (χ3n) is 4.15. The number of anilines is 1. The van der Waals surface area contributed by atoms with Crippen molar-refractivity contribution in [3.63, 3.8) is 0 Å². The Hall–Kier alpha value is -2.46. The van der Waals surface area contributed by atoms with Gasteiger partial charge in [0.15, 0.2) is 0 Å². The molecule has 28 heavy (non-hydrogen) atoms. The van der Waals surface area contributed by atoms with Gasteiger partial charge in [-0.25, -0.2) is 21.2 Å². The summed E-state index contributed by atoms with van der Waals surface area (Å²) in [4.78, 5) is 4.03. The van der Waals surface area contributed by atoms with Gasteiger partial charge in [0.2, 0.25) is 0 Å². The number of nitrogens with one attached hydrogen (secondary N) is 2. The van der Waals surface area contributed by atoms with E-state index in [0.717, 1.165) is 43.5 Å². The topological polar surface area (TPSA) is 105 Å². The number of amidine groups is 1. The predicted octanol–water partition coefficient (Wildman–Crippen LogP) is 2.88. The number of aliphatic imine (C=N–C) groups is 1. The van der Waals surface area contributed by atoms with E-state index in [2.05, 4.69) is 14.4 Å². The van der Waals surface area contributed by atoms with Crippen LogP contribution >= 0.6 is 0 Å². The summed E-state index contributed by atoms with van der Waals surface area (Å²) in [5, 5.41) is 0. The Kier molecular flexibility index (Phi) is 5.99. The molecular weight excluding hydrogens is 405 g/mol. The third kappa shape index (κ3) is 5.08. The van der Waals surface area contributed by atoms with Gasteiger partial charge in [-0.15, -0.1) is 0 Å². The molecule has 0 amide bonds. The van der Waals surface area contributed by atoms with Gasteiger partial charge in [0.1, 0.15) is 11.7 Å². The average Bonchev–Trinajstić information content (AvgIpc) is 2.90. The molecule has 0 saturated heterocycles. The highest BCUT2D eigenvalue weighted by atomic mass is 32.2. The molecule has 0 spiro atoms. The zero-order valence-corrected chi connectivity index (χ0v) is 16.6. The third-order valence-corrected chi connectivity index (χ3v) is 6.92. The van der Waals surface area contributed by atoms with Crippen LogP contribution in [0, 0.1) is 5.82 Å². The molecular formula is C18H20FN3O4S2. The van der Waals surface area contributed by atoms with Crippen molar-refractivity contribution in [1.29, 1.82) is 0 Å². The lowest BCUT2D eigenvalue weighted by Gasteiger charge is -2.12. The number of hydrogen-bond donors (Lipinski definition) is 2. The molecule has 0 fully saturated rings. The summed E-state index contributed by atoms with van der Waals surface area (Å²) in [5.74, 6) is -0.144. The molecule has 1 aliphatic heterocycles. The maximum Gasteiger partial charge on any atom is 0.262 e. The van der Waals surface area contributed by atoms with E-state index < -0.39 is 25.9 Å². The molecule has 0 aromatic heterocycles. The van der Waals surface area contributed by atoms with E-state index in [1.807, 2.05) is 0 Å². The van der Waals surface area contributed by atoms with Crippen LogP contribution in [0.2, 0.25) is 0 Å². The molecule has 3 rings (SSSR count). The number of sulfonamides is 2. The highest BCUT2D eigenvalue weighted by molar-refractivity contribution is 7.92. The van der Waals surface area contributed by atoms with Crippen LogP contribution in [0.3, 0.4) is 0 Å². The number of rotatable bonds is 5. The van der Waals surface area contributed by atoms with E-state index in [9.17, 15) is 21.2 Å². The van der Waals surface area contributed by atoms with Crippen LogP contribution in [0.25, 0.3) is 0 Å². The summed E-state index contributed by atoms with van der Waals surface area (Å²) in [7, 11) is -7.87. The molecule has 0 radical (unpaired) electrons. The fraction of sp³-hybridized carbons (Fsp3) is 0.278. The fourth-order valence-electron chi connectivity index (χ4n) is 2.73. The summed E-state index contributed by atoms with van der Waals surface area (Å²) in [6.07, 6.45) is 3.33. The Morgan fingerprint density at radius 3 is 2.29 bits per heavy atom. The Morgan fingerprint density at radius 2 is 1.54 bits per heavy atom. The van der Waals surface area contributed by atoms with Crippen molar-refractivity contribution < 1.29 is 21.2 Å². The van der Waals surface area contributed by atoms with E-state index in [-0.39, 0.29) is 15.5 Å². The second-order valence-electron chi connectivity index (χ2n) is 6.33. The Bertz CT molecular complexity index is 1080. The zero-order valence-electron chi connectivity index (χ0n) is 14.9. The highest BCUT2D eigenvalue weighted by Crippen LogP contribution is 2.20. The molecule has 0 saturated carbocycles. The van der Waals surface area contributed by atoms with Crippen LogP contribution in [0.1, 0.15) is 25.7 Å². The van der Waals surface area contributed by atoms with Crippen molar-refractivity contribution in [3.05, 3.63) is 54.3 Å². The SMILES string of the molecule is O=S(=O)(NC1=NCCCCC1)c1cccc(NS(=O)(=O)c2ccc(F)cc2)c1. The standard InChI is InChI=1S/C18H20FN3O4S2/c19-14-8-10-16(11-9-14)27(23,24)21-15-5-4-6-17(13-15)28(25,26)22-18-7-2-1-3-12-20-18/h4-6,8-11,13,21H,1-3,7,12H2,(H,20,22). The predicted molar refractivity (Wildman–Crippen MR) is 105 cm³/mol. The van der Waals surface area contributed by atoms with Gasteiger partial charge in [0.05, 0.1) is 15.5 Å². The van der Waals surface area contributed by atoms with E-state index in [1.54, 1.807) is 0 Å². The largest absolute Gasteiger partial charge is 0.280 e. The molecule has 0 unspecified atom stereocenters. The first-order valence-corrected chi connectivity index (χ1v) is 11.7. The highest BCUT2D eigenvalue weighted by Gasteiger charge is 2.19. The van der Waals surface area contributed by atoms with Crippen molar-refractivity contribution in [1.82, 2.24) is 4.72 Å². The van der Waals surface area contributed by atoms with Crippen molar-refractivity contribution in [2.45, 2.75) is 35.5 Å². The minimum Gasteiger partial charge on any atom is -0.280 e. The van der Waals surface area contributed by atoms with Crippen LogP contribution in [0.4, 0.5) is 10.1 Å². The van der Waals surface area contributed by atoms with Crippen LogP contribution in [0.15, 0.2) is 63.3 Å². The van der Waals surface area contributed by atoms with E-state index in [0.29, 0.717) is 18.8 Å². The van der Waals surface area contributed by atoms with Crippen molar-refractivity contribution in [3.8, 4) is 0 Å². The van der Waals surface area contributed by atoms with Crippen LogP contribution in [0.5, 0.6) is 0 Å². The monoisotopic (exact) mass is 425 g/mol. The first kappa shape index (κ1) is 20.3. The molecule has 2 aromatic carbocycles. The molecule has 10 heteroatoms. The molecule has 0 aliphatic carbocycles. The molecule has 1 heterocycles. The van der Waals surface area contributed by atoms with Gasteiger partial charge in [0.25, 0.3) is 20.0 Å². The number of hydrogen-bond acceptors (Lipinski definition) is 5. The molecule has 7 nitrogen and oxygen atoms in total. The summed E-state index contributed by atoms with van der Waals surface area (Å²) < 4.78 is 67.9. The quantitative estimate of drug-likeness (QED) is 0.768. The van der Waals surface area contributed by atoms with Crippen LogP contribution < -0.4 is 9.44 Å². The van der Waals surface area contributed by atoms with Gasteiger partial charge in [-0.2, -0.15) is 0 Å². The van der Waals surface area contributed by atoms with Crippen molar-refractivity contribution >= 4 is 31.6 Å². The lowest BCUT2D eigenvalue weighted by molar-refractivity contribution is 0.591. The van der Waals surface area contributed by atoms with Crippen molar-refractivity contribution in [2.24, 2.45) is 4.99 Å². The summed E-state index contributed by atoms with van der Waals surface area (Å²) in [6.45, 7) is 0.579. The minimum atomic E-state index is -3.98. The van der Waals surface area contributed by atoms with E-state index in [1.165, 1.54) is 24.3 Å². The maximum absolute atomic E-state index is 13.0. The Morgan fingerprint density at radius 1 is 0.821 bits per heavy atom. The first-order valence-electron chi connectivity index (χ1n) is 8.71. The summed E-state index contributed by atoms with van der Waals surface area (Å²) >= 11 is 0. The summed E-state index contributed by atoms with van der Waals surface area (Å²) in [6, 6.07) is 9.79. The molecule has 0 bridgehead atoms. The average molecular weight is 426 g/mol. The van der Waals surface area contributed by atoms with Gasteiger partial charge < -0.3 is 0 Å². The first-order chi connectivity index (χ1) is 13.3. The molecule has 2 aromatic rings. The van der Waals surface area contributed by atoms with Gasteiger partial charge in [-0.3, -0.25) is 14.4 Å². The summed E-state index contributed by atoms with van der Waals surface area (Å²) in [5.41, 5.74) is 0.0787. The zero-order chi connectivity index (χ0) is 20.2.